The van der Waals surface area contributed by atoms with Crippen LogP contribution in [0.2, 0.25) is 0 Å². The zero-order valence-electron chi connectivity index (χ0n) is 20.1. The second-order valence-corrected chi connectivity index (χ2v) is 9.79. The Hall–Kier alpha value is -3.73. The van der Waals surface area contributed by atoms with E-state index in [0.29, 0.717) is 54.5 Å². The van der Waals surface area contributed by atoms with Gasteiger partial charge in [0.15, 0.2) is 5.78 Å². The maximum Gasteiger partial charge on any atom is 0.303 e. The number of amidine groups is 1. The second kappa shape index (κ2) is 9.87. The van der Waals surface area contributed by atoms with Crippen molar-refractivity contribution in [1.29, 1.82) is 10.7 Å². The average molecular weight is 475 g/mol. The molecule has 0 saturated heterocycles. The van der Waals surface area contributed by atoms with Crippen molar-refractivity contribution in [1.82, 2.24) is 9.88 Å². The first-order chi connectivity index (χ1) is 16.7. The van der Waals surface area contributed by atoms with Crippen molar-refractivity contribution >= 4 is 17.6 Å². The van der Waals surface area contributed by atoms with E-state index in [1.807, 2.05) is 12.1 Å². The fraction of sp³-hybridized carbons (Fsp3) is 0.444. The number of hydrogen-bond donors (Lipinski definition) is 2. The molecule has 8 heteroatoms. The zero-order valence-corrected chi connectivity index (χ0v) is 20.1. The highest BCUT2D eigenvalue weighted by atomic mass is 16.5. The predicted molar refractivity (Wildman–Crippen MR) is 130 cm³/mol. The number of ether oxygens (including phenoxy) is 1. The van der Waals surface area contributed by atoms with Crippen LogP contribution in [0.1, 0.15) is 84.7 Å². The van der Waals surface area contributed by atoms with Crippen molar-refractivity contribution in [3.05, 3.63) is 58.4 Å². The number of rotatable bonds is 11. The average Bonchev–Trinajstić information content (AvgIpc) is 3.64. The van der Waals surface area contributed by atoms with Gasteiger partial charge in [0.1, 0.15) is 17.3 Å². The number of nitrogens with zero attached hydrogens (tertiary/aromatic N) is 3. The van der Waals surface area contributed by atoms with Crippen molar-refractivity contribution < 1.29 is 19.4 Å². The normalized spacial score (nSPS) is 15.0. The topological polar surface area (TPSA) is 127 Å². The van der Waals surface area contributed by atoms with Crippen LogP contribution in [-0.2, 0) is 16.8 Å². The predicted octanol–water partition coefficient (Wildman–Crippen LogP) is 4.42. The van der Waals surface area contributed by atoms with Gasteiger partial charge < -0.3 is 14.7 Å². The fourth-order valence-corrected chi connectivity index (χ4v) is 4.21. The van der Waals surface area contributed by atoms with Crippen molar-refractivity contribution in [3.63, 3.8) is 0 Å². The monoisotopic (exact) mass is 474 g/mol. The molecule has 1 fully saturated rings. The molecule has 8 nitrogen and oxygen atoms in total. The molecule has 2 N–H and O–H groups in total. The number of Topliss-reactive ketones (excluding diaryl/α,β-unsaturated/α-hetero) is 1. The van der Waals surface area contributed by atoms with Gasteiger partial charge in [-0.2, -0.15) is 5.26 Å². The number of aromatic nitrogens is 1. The highest BCUT2D eigenvalue weighted by molar-refractivity contribution is 6.04. The summed E-state index contributed by atoms with van der Waals surface area (Å²) in [5, 5.41) is 27.0. The number of carboxylic acids is 1. The molecule has 1 aliphatic heterocycles. The van der Waals surface area contributed by atoms with E-state index in [1.54, 1.807) is 36.9 Å². The van der Waals surface area contributed by atoms with Gasteiger partial charge >= 0.3 is 5.97 Å². The Bertz CT molecular complexity index is 1210. The smallest absolute Gasteiger partial charge is 0.303 e. The number of carbonyl (C=O) groups excluding carboxylic acids is 1. The molecule has 2 heterocycles. The van der Waals surface area contributed by atoms with Crippen LogP contribution in [0.4, 0.5) is 0 Å². The molecular weight excluding hydrogens is 444 g/mol. The molecule has 35 heavy (non-hydrogen) atoms. The summed E-state index contributed by atoms with van der Waals surface area (Å²) in [6, 6.07) is 11.4. The molecule has 4 rings (SSSR count). The Morgan fingerprint density at radius 1 is 1.26 bits per heavy atom. The van der Waals surface area contributed by atoms with Crippen molar-refractivity contribution in [2.75, 3.05) is 13.2 Å². The number of nitriles is 1. The summed E-state index contributed by atoms with van der Waals surface area (Å²) in [7, 11) is 0. The highest BCUT2D eigenvalue weighted by Gasteiger charge is 2.32. The minimum absolute atomic E-state index is 0.0514. The van der Waals surface area contributed by atoms with Crippen LogP contribution in [0, 0.1) is 16.7 Å². The number of unbranched alkanes of at least 4 members (excludes halogenated alkanes) is 1. The van der Waals surface area contributed by atoms with Crippen molar-refractivity contribution in [3.8, 4) is 11.8 Å². The lowest BCUT2D eigenvalue weighted by Gasteiger charge is -2.22. The van der Waals surface area contributed by atoms with E-state index < -0.39 is 11.4 Å². The van der Waals surface area contributed by atoms with E-state index in [-0.39, 0.29) is 24.6 Å². The molecular formula is C27H30N4O4. The minimum atomic E-state index is -0.883. The third-order valence-electron chi connectivity index (χ3n) is 6.53. The third kappa shape index (κ3) is 5.51. The summed E-state index contributed by atoms with van der Waals surface area (Å²) in [5.74, 6) is 0.306. The number of hydrogen-bond acceptors (Lipinski definition) is 6. The number of fused-ring (bicyclic) bond motifs is 1. The molecule has 0 spiro atoms. The Kier molecular flexibility index (Phi) is 6.88. The molecule has 2 aliphatic rings. The molecule has 1 aromatic heterocycles. The maximum atomic E-state index is 13.2. The summed E-state index contributed by atoms with van der Waals surface area (Å²) in [5.41, 5.74) is 2.84. The first-order valence-corrected chi connectivity index (χ1v) is 12.0. The number of pyridine rings is 1. The molecule has 0 amide bonds. The van der Waals surface area contributed by atoms with Crippen LogP contribution in [0.5, 0.6) is 5.75 Å². The minimum Gasteiger partial charge on any atom is -0.493 e. The van der Waals surface area contributed by atoms with E-state index >= 15 is 0 Å². The molecule has 0 bridgehead atoms. The Labute approximate surface area is 205 Å². The Balaban J connectivity index is 1.46. The van der Waals surface area contributed by atoms with Gasteiger partial charge in [-0.1, -0.05) is 6.07 Å². The van der Waals surface area contributed by atoms with Crippen molar-refractivity contribution in [2.24, 2.45) is 0 Å². The number of carboxylic acid groups (broad SMARTS) is 1. The number of benzene rings is 1. The van der Waals surface area contributed by atoms with E-state index in [1.165, 1.54) is 0 Å². The van der Waals surface area contributed by atoms with E-state index in [4.69, 9.17) is 15.3 Å². The lowest BCUT2D eigenvalue weighted by atomic mass is 9.84. The first kappa shape index (κ1) is 24.4. The highest BCUT2D eigenvalue weighted by Crippen LogP contribution is 2.40. The van der Waals surface area contributed by atoms with E-state index in [2.05, 4.69) is 11.1 Å². The number of ketones is 1. The molecule has 2 aromatic rings. The number of carbonyl (C=O) groups is 2. The lowest BCUT2D eigenvalue weighted by Crippen LogP contribution is -2.30. The lowest BCUT2D eigenvalue weighted by molar-refractivity contribution is -0.137. The van der Waals surface area contributed by atoms with Crippen LogP contribution >= 0.6 is 0 Å². The van der Waals surface area contributed by atoms with Crippen molar-refractivity contribution in [2.45, 2.75) is 63.8 Å². The molecule has 0 atom stereocenters. The summed E-state index contributed by atoms with van der Waals surface area (Å²) >= 11 is 0. The number of aliphatic carboxylic acids is 1. The van der Waals surface area contributed by atoms with Crippen LogP contribution < -0.4 is 4.74 Å². The van der Waals surface area contributed by atoms with Gasteiger partial charge in [0.05, 0.1) is 24.6 Å². The van der Waals surface area contributed by atoms with Crippen LogP contribution in [0.3, 0.4) is 0 Å². The van der Waals surface area contributed by atoms with E-state index in [0.717, 1.165) is 24.1 Å². The summed E-state index contributed by atoms with van der Waals surface area (Å²) < 4.78 is 5.86. The second-order valence-electron chi connectivity index (χ2n) is 9.79. The molecule has 1 aliphatic carbocycles. The fourth-order valence-electron chi connectivity index (χ4n) is 4.21. The molecule has 0 radical (unpaired) electrons. The Morgan fingerprint density at radius 2 is 2.03 bits per heavy atom. The van der Waals surface area contributed by atoms with Gasteiger partial charge in [-0.15, -0.1) is 0 Å². The standard InChI is InChI=1S/C27H30N4O4/c1-27(2,16-28)20-13-18(9-11-23(20)35-12-4-3-5-24(33)34)22(32)15-31-14-19-8-10-21(17-6-7-17)30-25(19)26(31)29/h8-11,13,17,29H,3-7,12,14-15H2,1-2H3,(H,33,34). The van der Waals surface area contributed by atoms with Gasteiger partial charge in [-0.25, -0.2) is 4.98 Å². The molecule has 0 unspecified atom stereocenters. The molecule has 1 saturated carbocycles. The first-order valence-electron chi connectivity index (χ1n) is 12.0. The summed E-state index contributed by atoms with van der Waals surface area (Å²) in [6.45, 7) is 4.39. The number of nitrogens with one attached hydrogen (secondary N) is 1. The summed E-state index contributed by atoms with van der Waals surface area (Å²) in [6.07, 6.45) is 3.45. The van der Waals surface area contributed by atoms with Gasteiger partial charge in [-0.05, 0) is 63.8 Å². The molecule has 1 aromatic carbocycles. The maximum absolute atomic E-state index is 13.2. The Morgan fingerprint density at radius 3 is 2.71 bits per heavy atom. The van der Waals surface area contributed by atoms with Crippen LogP contribution in [0.25, 0.3) is 0 Å². The summed E-state index contributed by atoms with van der Waals surface area (Å²) in [4.78, 5) is 30.3. The van der Waals surface area contributed by atoms with Crippen LogP contribution in [0.15, 0.2) is 30.3 Å². The van der Waals surface area contributed by atoms with Crippen LogP contribution in [-0.4, -0.2) is 45.7 Å². The largest absolute Gasteiger partial charge is 0.493 e. The third-order valence-corrected chi connectivity index (χ3v) is 6.53. The quantitative estimate of drug-likeness (QED) is 0.364. The van der Waals surface area contributed by atoms with Gasteiger partial charge in [-0.3, -0.25) is 15.0 Å². The molecule has 182 valence electrons. The SMILES string of the molecule is CC(C)(C#N)c1cc(C(=O)CN2Cc3ccc(C4CC4)nc3C2=N)ccc1OCCCCC(=O)O. The van der Waals surface area contributed by atoms with Gasteiger partial charge in [0.2, 0.25) is 0 Å². The van der Waals surface area contributed by atoms with Gasteiger partial charge in [0, 0.05) is 41.3 Å². The van der Waals surface area contributed by atoms with E-state index in [9.17, 15) is 14.9 Å². The van der Waals surface area contributed by atoms with Gasteiger partial charge in [0.25, 0.3) is 0 Å². The zero-order chi connectivity index (χ0) is 25.2.